The van der Waals surface area contributed by atoms with Gasteiger partial charge in [0.05, 0.1) is 5.60 Å². The van der Waals surface area contributed by atoms with Gasteiger partial charge in [-0.15, -0.1) is 11.3 Å². The predicted molar refractivity (Wildman–Crippen MR) is 93.6 cm³/mol. The lowest BCUT2D eigenvalue weighted by Gasteiger charge is -2.22. The first-order valence-corrected chi connectivity index (χ1v) is 9.21. The Hall–Kier alpha value is -1.37. The minimum atomic E-state index is -0.912. The summed E-state index contributed by atoms with van der Waals surface area (Å²) >= 11 is 2.99. The van der Waals surface area contributed by atoms with Crippen LogP contribution in [0.1, 0.15) is 23.0 Å². The predicted octanol–water partition coefficient (Wildman–Crippen LogP) is 2.96. The van der Waals surface area contributed by atoms with Gasteiger partial charge in [-0.3, -0.25) is 4.79 Å². The van der Waals surface area contributed by atoms with Crippen LogP contribution in [-0.2, 0) is 0 Å². The van der Waals surface area contributed by atoms with Crippen molar-refractivity contribution >= 4 is 29.0 Å². The molecule has 1 atom stereocenters. The first-order chi connectivity index (χ1) is 10.4. The summed E-state index contributed by atoms with van der Waals surface area (Å²) in [5.74, 6) is 0.315. The molecule has 2 rings (SSSR count). The Kier molecular flexibility index (Phi) is 5.61. The van der Waals surface area contributed by atoms with Crippen LogP contribution in [0.2, 0.25) is 0 Å². The highest BCUT2D eigenvalue weighted by Gasteiger charge is 2.21. The van der Waals surface area contributed by atoms with Gasteiger partial charge < -0.3 is 10.4 Å². The molecule has 1 amide bonds. The summed E-state index contributed by atoms with van der Waals surface area (Å²) < 4.78 is 0. The first-order valence-electron chi connectivity index (χ1n) is 6.93. The number of thiazole rings is 1. The molecule has 2 N–H and O–H groups in total. The van der Waals surface area contributed by atoms with Crippen molar-refractivity contribution in [3.05, 3.63) is 40.9 Å². The number of carbonyl (C=O) groups excluding carboxylic acids is 1. The van der Waals surface area contributed by atoms with Crippen molar-refractivity contribution in [2.24, 2.45) is 0 Å². The second kappa shape index (κ2) is 7.26. The van der Waals surface area contributed by atoms with Crippen molar-refractivity contribution in [1.29, 1.82) is 0 Å². The summed E-state index contributed by atoms with van der Waals surface area (Å²) in [5, 5.41) is 15.4. The van der Waals surface area contributed by atoms with E-state index in [9.17, 15) is 9.90 Å². The van der Waals surface area contributed by atoms with Gasteiger partial charge in [0.1, 0.15) is 10.7 Å². The molecule has 0 bridgehead atoms. The Morgan fingerprint density at radius 3 is 2.73 bits per heavy atom. The van der Waals surface area contributed by atoms with E-state index < -0.39 is 5.60 Å². The molecule has 6 heteroatoms. The zero-order chi connectivity index (χ0) is 16.2. The van der Waals surface area contributed by atoms with E-state index in [0.29, 0.717) is 11.4 Å². The molecule has 0 aliphatic carbocycles. The number of nitrogens with zero attached hydrogens (tertiary/aromatic N) is 1. The van der Waals surface area contributed by atoms with E-state index in [-0.39, 0.29) is 12.5 Å². The van der Waals surface area contributed by atoms with Crippen LogP contribution in [0, 0.1) is 6.92 Å². The van der Waals surface area contributed by atoms with Gasteiger partial charge in [-0.05, 0) is 20.1 Å². The summed E-state index contributed by atoms with van der Waals surface area (Å²) in [4.78, 5) is 16.5. The summed E-state index contributed by atoms with van der Waals surface area (Å²) in [7, 11) is 0. The highest BCUT2D eigenvalue weighted by Crippen LogP contribution is 2.24. The highest BCUT2D eigenvalue weighted by molar-refractivity contribution is 7.98. The number of hydrogen-bond donors (Lipinski definition) is 2. The van der Waals surface area contributed by atoms with E-state index >= 15 is 0 Å². The van der Waals surface area contributed by atoms with Crippen molar-refractivity contribution < 1.29 is 9.90 Å². The third-order valence-electron chi connectivity index (χ3n) is 3.12. The molecule has 0 fully saturated rings. The molecular formula is C16H20N2O2S2. The fraction of sp³-hybridized carbons (Fsp3) is 0.375. The van der Waals surface area contributed by atoms with E-state index in [4.69, 9.17) is 0 Å². The monoisotopic (exact) mass is 336 g/mol. The van der Waals surface area contributed by atoms with E-state index in [1.807, 2.05) is 37.4 Å². The highest BCUT2D eigenvalue weighted by atomic mass is 32.2. The number of benzene rings is 1. The van der Waals surface area contributed by atoms with Gasteiger partial charge in [-0.1, -0.05) is 29.8 Å². The minimum absolute atomic E-state index is 0.212. The summed E-state index contributed by atoms with van der Waals surface area (Å²) in [5.41, 5.74) is 1.67. The Morgan fingerprint density at radius 2 is 2.09 bits per heavy atom. The number of nitrogens with one attached hydrogen (secondary N) is 1. The van der Waals surface area contributed by atoms with Crippen molar-refractivity contribution in [2.75, 3.05) is 18.6 Å². The molecule has 0 radical (unpaired) electrons. The Morgan fingerprint density at radius 1 is 1.41 bits per heavy atom. The fourth-order valence-corrected chi connectivity index (χ4v) is 3.46. The molecule has 22 heavy (non-hydrogen) atoms. The zero-order valence-corrected chi connectivity index (χ0v) is 14.6. The van der Waals surface area contributed by atoms with Crippen LogP contribution in [0.3, 0.4) is 0 Å². The molecule has 4 nitrogen and oxygen atoms in total. The van der Waals surface area contributed by atoms with Crippen molar-refractivity contribution in [2.45, 2.75) is 19.4 Å². The number of rotatable bonds is 6. The van der Waals surface area contributed by atoms with Crippen LogP contribution in [0.25, 0.3) is 10.6 Å². The number of hydrogen-bond acceptors (Lipinski definition) is 5. The molecule has 0 saturated heterocycles. The summed E-state index contributed by atoms with van der Waals surface area (Å²) in [6.07, 6.45) is 1.92. The quantitative estimate of drug-likeness (QED) is 0.851. The van der Waals surface area contributed by atoms with Crippen LogP contribution < -0.4 is 5.32 Å². The second-order valence-corrected chi connectivity index (χ2v) is 7.24. The normalized spacial score (nSPS) is 13.6. The van der Waals surface area contributed by atoms with Crippen LogP contribution in [0.5, 0.6) is 0 Å². The molecule has 1 heterocycles. The largest absolute Gasteiger partial charge is 0.387 e. The van der Waals surface area contributed by atoms with Crippen molar-refractivity contribution in [1.82, 2.24) is 10.3 Å². The molecule has 118 valence electrons. The van der Waals surface area contributed by atoms with Crippen LogP contribution in [0.15, 0.2) is 29.6 Å². The fourth-order valence-electron chi connectivity index (χ4n) is 1.93. The van der Waals surface area contributed by atoms with Gasteiger partial charge in [-0.2, -0.15) is 11.8 Å². The molecule has 0 aliphatic rings. The van der Waals surface area contributed by atoms with E-state index in [2.05, 4.69) is 10.3 Å². The van der Waals surface area contributed by atoms with Crippen LogP contribution >= 0.6 is 23.1 Å². The van der Waals surface area contributed by atoms with Gasteiger partial charge in [0.15, 0.2) is 0 Å². The number of aromatic nitrogens is 1. The average molecular weight is 336 g/mol. The van der Waals surface area contributed by atoms with Crippen molar-refractivity contribution in [3.8, 4) is 10.6 Å². The number of amides is 1. The third-order valence-corrected chi connectivity index (χ3v) is 4.92. The molecule has 0 aliphatic heterocycles. The number of aliphatic hydroxyl groups is 1. The van der Waals surface area contributed by atoms with E-state index in [1.165, 1.54) is 16.9 Å². The number of aryl methyl sites for hydroxylation is 1. The molecule has 1 aromatic carbocycles. The smallest absolute Gasteiger partial charge is 0.270 e. The van der Waals surface area contributed by atoms with Gasteiger partial charge in [0.2, 0.25) is 0 Å². The maximum absolute atomic E-state index is 12.1. The van der Waals surface area contributed by atoms with Gasteiger partial charge >= 0.3 is 0 Å². The van der Waals surface area contributed by atoms with E-state index in [0.717, 1.165) is 10.6 Å². The minimum Gasteiger partial charge on any atom is -0.387 e. The SMILES string of the molecule is CSCC(C)(O)CNC(=O)c1csc(-c2ccc(C)cc2)n1. The molecule has 1 unspecified atom stereocenters. The lowest BCUT2D eigenvalue weighted by molar-refractivity contribution is 0.0723. The Balaban J connectivity index is 2.02. The molecule has 0 saturated carbocycles. The topological polar surface area (TPSA) is 62.2 Å². The third kappa shape index (κ3) is 4.56. The Labute approximate surface area is 139 Å². The van der Waals surface area contributed by atoms with Crippen molar-refractivity contribution in [3.63, 3.8) is 0 Å². The van der Waals surface area contributed by atoms with Gasteiger partial charge in [0, 0.05) is 23.2 Å². The first kappa shape index (κ1) is 17.0. The maximum atomic E-state index is 12.1. The average Bonchev–Trinajstić information content (AvgIpc) is 2.95. The molecule has 2 aromatic rings. The van der Waals surface area contributed by atoms with Crippen LogP contribution in [0.4, 0.5) is 0 Å². The second-order valence-electron chi connectivity index (χ2n) is 5.52. The molecular weight excluding hydrogens is 316 g/mol. The zero-order valence-electron chi connectivity index (χ0n) is 12.9. The molecule has 1 aromatic heterocycles. The lowest BCUT2D eigenvalue weighted by Crippen LogP contribution is -2.42. The van der Waals surface area contributed by atoms with Crippen LogP contribution in [-0.4, -0.2) is 40.2 Å². The summed E-state index contributed by atoms with van der Waals surface area (Å²) in [6, 6.07) is 8.05. The van der Waals surface area contributed by atoms with E-state index in [1.54, 1.807) is 24.1 Å². The van der Waals surface area contributed by atoms with Gasteiger partial charge in [0.25, 0.3) is 5.91 Å². The summed E-state index contributed by atoms with van der Waals surface area (Å²) in [6.45, 7) is 3.96. The number of carbonyl (C=O) groups is 1. The maximum Gasteiger partial charge on any atom is 0.270 e. The van der Waals surface area contributed by atoms with Gasteiger partial charge in [-0.25, -0.2) is 4.98 Å². The Bertz CT molecular complexity index is 636. The number of thioether (sulfide) groups is 1. The molecule has 0 spiro atoms. The standard InChI is InChI=1S/C16H20N2O2S2/c1-11-4-6-12(7-5-11)15-18-13(8-22-15)14(19)17-9-16(2,20)10-21-3/h4-8,20H,9-10H2,1-3H3,(H,17,19). The lowest BCUT2D eigenvalue weighted by atomic mass is 10.1.